The molecule has 2 N–H and O–H groups in total. The molecule has 0 aromatic heterocycles. The van der Waals surface area contributed by atoms with Crippen molar-refractivity contribution in [3.05, 3.63) is 84.4 Å². The minimum absolute atomic E-state index is 0.104. The van der Waals surface area contributed by atoms with Gasteiger partial charge in [0.1, 0.15) is 11.5 Å². The van der Waals surface area contributed by atoms with Gasteiger partial charge < -0.3 is 10.2 Å². The van der Waals surface area contributed by atoms with Crippen molar-refractivity contribution in [2.45, 2.75) is 33.6 Å². The van der Waals surface area contributed by atoms with Gasteiger partial charge in [0.05, 0.1) is 0 Å². The minimum atomic E-state index is 0.104. The van der Waals surface area contributed by atoms with Crippen molar-refractivity contribution in [1.29, 1.82) is 0 Å². The van der Waals surface area contributed by atoms with Crippen molar-refractivity contribution in [3.8, 4) is 11.5 Å². The van der Waals surface area contributed by atoms with Crippen LogP contribution in [-0.4, -0.2) is 10.2 Å². The van der Waals surface area contributed by atoms with Crippen LogP contribution in [0.5, 0.6) is 11.5 Å². The molecule has 0 radical (unpaired) electrons. The molecule has 5 aromatic rings. The van der Waals surface area contributed by atoms with Gasteiger partial charge in [0.2, 0.25) is 0 Å². The van der Waals surface area contributed by atoms with Crippen molar-refractivity contribution in [3.63, 3.8) is 0 Å². The standard InChI is InChI=1S/C16H10.C9H12O2.C2H6/c1-3-11-7-9-13-5-2-6-14-10-8-12(4-1)15(11)16(13)14;1-6(2)8-4-3-7(10)5-9(8)11;1-2/h1-10H;3-6,10-11H,1-2H3;1-2H3. The maximum Gasteiger partial charge on any atom is 0.122 e. The van der Waals surface area contributed by atoms with Gasteiger partial charge in [-0.2, -0.15) is 0 Å². The first-order valence-corrected chi connectivity index (χ1v) is 10.2. The molecule has 0 saturated carbocycles. The summed E-state index contributed by atoms with van der Waals surface area (Å²) < 4.78 is 0. The quantitative estimate of drug-likeness (QED) is 0.289. The van der Waals surface area contributed by atoms with E-state index in [1.165, 1.54) is 38.4 Å². The number of hydrogen-bond donors (Lipinski definition) is 2. The molecular formula is C27H28O2. The van der Waals surface area contributed by atoms with E-state index in [4.69, 9.17) is 5.11 Å². The van der Waals surface area contributed by atoms with Gasteiger partial charge in [0, 0.05) is 6.07 Å². The Kier molecular flexibility index (Phi) is 6.23. The molecule has 0 saturated heterocycles. The molecule has 0 bridgehead atoms. The zero-order valence-electron chi connectivity index (χ0n) is 17.5. The normalized spacial score (nSPS) is 10.7. The third kappa shape index (κ3) is 4.12. The SMILES string of the molecule is CC.CC(C)c1ccc(O)cc1O.c1cc2ccc3cccc4ccc(c1)c2c34. The van der Waals surface area contributed by atoms with Gasteiger partial charge in [-0.25, -0.2) is 0 Å². The number of rotatable bonds is 1. The monoisotopic (exact) mass is 384 g/mol. The fourth-order valence-electron chi connectivity index (χ4n) is 3.69. The topological polar surface area (TPSA) is 40.5 Å². The average molecular weight is 385 g/mol. The van der Waals surface area contributed by atoms with Crippen molar-refractivity contribution in [1.82, 2.24) is 0 Å². The zero-order chi connectivity index (χ0) is 21.0. The van der Waals surface area contributed by atoms with Gasteiger partial charge in [-0.15, -0.1) is 0 Å². The molecule has 2 nitrogen and oxygen atoms in total. The number of aromatic hydroxyl groups is 2. The van der Waals surface area contributed by atoms with Crippen LogP contribution in [0.4, 0.5) is 0 Å². The molecular weight excluding hydrogens is 356 g/mol. The highest BCUT2D eigenvalue weighted by molar-refractivity contribution is 6.22. The molecule has 29 heavy (non-hydrogen) atoms. The van der Waals surface area contributed by atoms with E-state index in [9.17, 15) is 5.11 Å². The molecule has 0 aliphatic rings. The summed E-state index contributed by atoms with van der Waals surface area (Å²) in [6.07, 6.45) is 0. The third-order valence-electron chi connectivity index (χ3n) is 5.03. The van der Waals surface area contributed by atoms with E-state index in [-0.39, 0.29) is 17.4 Å². The van der Waals surface area contributed by atoms with Gasteiger partial charge in [-0.1, -0.05) is 94.4 Å². The van der Waals surface area contributed by atoms with E-state index < -0.39 is 0 Å². The van der Waals surface area contributed by atoms with Crippen molar-refractivity contribution in [2.75, 3.05) is 0 Å². The maximum atomic E-state index is 9.30. The summed E-state index contributed by atoms with van der Waals surface area (Å²) in [5.74, 6) is 0.558. The molecule has 5 rings (SSSR count). The van der Waals surface area contributed by atoms with E-state index in [0.29, 0.717) is 0 Å². The Hall–Kier alpha value is -3.26. The molecule has 0 unspecified atom stereocenters. The minimum Gasteiger partial charge on any atom is -0.508 e. The van der Waals surface area contributed by atoms with Crippen LogP contribution in [0.25, 0.3) is 32.3 Å². The van der Waals surface area contributed by atoms with Gasteiger partial charge in [-0.05, 0) is 49.9 Å². The van der Waals surface area contributed by atoms with Gasteiger partial charge in [0.15, 0.2) is 0 Å². The Morgan fingerprint density at radius 1 is 0.586 bits per heavy atom. The molecule has 0 fully saturated rings. The second-order valence-electron chi connectivity index (χ2n) is 7.19. The summed E-state index contributed by atoms with van der Waals surface area (Å²) >= 11 is 0. The highest BCUT2D eigenvalue weighted by Gasteiger charge is 2.06. The average Bonchev–Trinajstić information content (AvgIpc) is 2.74. The van der Waals surface area contributed by atoms with Crippen LogP contribution in [0.1, 0.15) is 39.2 Å². The summed E-state index contributed by atoms with van der Waals surface area (Å²) in [5.41, 5.74) is 0.864. The predicted molar refractivity (Wildman–Crippen MR) is 125 cm³/mol. The molecule has 5 aromatic carbocycles. The first kappa shape index (κ1) is 20.5. The summed E-state index contributed by atoms with van der Waals surface area (Å²) in [4.78, 5) is 0. The van der Waals surface area contributed by atoms with Crippen molar-refractivity contribution < 1.29 is 10.2 Å². The van der Waals surface area contributed by atoms with E-state index >= 15 is 0 Å². The van der Waals surface area contributed by atoms with Crippen molar-refractivity contribution in [2.24, 2.45) is 0 Å². The molecule has 0 amide bonds. The lowest BCUT2D eigenvalue weighted by atomic mass is 9.95. The van der Waals surface area contributed by atoms with E-state index in [1.807, 2.05) is 27.7 Å². The Balaban J connectivity index is 0.000000164. The van der Waals surface area contributed by atoms with Crippen LogP contribution in [0.3, 0.4) is 0 Å². The van der Waals surface area contributed by atoms with Crippen LogP contribution < -0.4 is 0 Å². The summed E-state index contributed by atoms with van der Waals surface area (Å²) in [5, 5.41) is 26.4. The highest BCUT2D eigenvalue weighted by atomic mass is 16.3. The Morgan fingerprint density at radius 3 is 1.34 bits per heavy atom. The predicted octanol–water partition coefficient (Wildman–Crippen LogP) is 7.83. The number of phenols is 2. The van der Waals surface area contributed by atoms with Crippen LogP contribution in [-0.2, 0) is 0 Å². The molecule has 0 heterocycles. The van der Waals surface area contributed by atoms with Crippen LogP contribution >= 0.6 is 0 Å². The lowest BCUT2D eigenvalue weighted by Gasteiger charge is -2.09. The largest absolute Gasteiger partial charge is 0.508 e. The lowest BCUT2D eigenvalue weighted by Crippen LogP contribution is -1.86. The molecule has 148 valence electrons. The number of phenolic OH excluding ortho intramolecular Hbond substituents is 2. The Morgan fingerprint density at radius 2 is 1.00 bits per heavy atom. The second kappa shape index (κ2) is 8.83. The van der Waals surface area contributed by atoms with Crippen LogP contribution in [0.15, 0.2) is 78.9 Å². The van der Waals surface area contributed by atoms with E-state index in [0.717, 1.165) is 5.56 Å². The van der Waals surface area contributed by atoms with Crippen molar-refractivity contribution >= 4 is 32.3 Å². The summed E-state index contributed by atoms with van der Waals surface area (Å²) in [6.45, 7) is 7.98. The second-order valence-corrected chi connectivity index (χ2v) is 7.19. The maximum absolute atomic E-state index is 9.30. The first-order chi connectivity index (χ1) is 14.0. The first-order valence-electron chi connectivity index (χ1n) is 10.2. The highest BCUT2D eigenvalue weighted by Crippen LogP contribution is 2.33. The summed E-state index contributed by atoms with van der Waals surface area (Å²) in [6, 6.07) is 26.5. The van der Waals surface area contributed by atoms with Gasteiger partial charge in [0.25, 0.3) is 0 Å². The van der Waals surface area contributed by atoms with Gasteiger partial charge in [-0.3, -0.25) is 0 Å². The molecule has 0 spiro atoms. The number of benzene rings is 5. The fraction of sp³-hybridized carbons (Fsp3) is 0.185. The molecule has 0 aliphatic heterocycles. The molecule has 0 aliphatic carbocycles. The third-order valence-corrected chi connectivity index (χ3v) is 5.03. The van der Waals surface area contributed by atoms with E-state index in [1.54, 1.807) is 12.1 Å². The molecule has 0 atom stereocenters. The summed E-state index contributed by atoms with van der Waals surface area (Å²) in [7, 11) is 0. The molecule has 2 heteroatoms. The lowest BCUT2D eigenvalue weighted by molar-refractivity contribution is 0.444. The van der Waals surface area contributed by atoms with Crippen LogP contribution in [0, 0.1) is 0 Å². The van der Waals surface area contributed by atoms with Gasteiger partial charge >= 0.3 is 0 Å². The Labute approximate surface area is 172 Å². The van der Waals surface area contributed by atoms with E-state index in [2.05, 4.69) is 60.7 Å². The zero-order valence-corrected chi connectivity index (χ0v) is 17.5. The number of hydrogen-bond acceptors (Lipinski definition) is 2. The fourth-order valence-corrected chi connectivity index (χ4v) is 3.69. The Bertz CT molecular complexity index is 1090. The van der Waals surface area contributed by atoms with Crippen LogP contribution in [0.2, 0.25) is 0 Å². The smallest absolute Gasteiger partial charge is 0.122 e.